The maximum absolute atomic E-state index is 13.4. The number of carbonyl (C=O) groups excluding carboxylic acids is 1. The number of para-hydroxylation sites is 1. The second-order valence-electron chi connectivity index (χ2n) is 8.41. The number of likely N-dealkylation sites (N-methyl/N-ethyl adjacent to an activating group) is 1. The van der Waals surface area contributed by atoms with E-state index in [9.17, 15) is 4.79 Å². The Morgan fingerprint density at radius 3 is 2.45 bits per heavy atom. The molecule has 33 heavy (non-hydrogen) atoms. The molecule has 0 saturated carbocycles. The number of oxazole rings is 1. The predicted molar refractivity (Wildman–Crippen MR) is 134 cm³/mol. The van der Waals surface area contributed by atoms with Gasteiger partial charge in [-0.3, -0.25) is 4.79 Å². The molecule has 0 N–H and O–H groups in total. The van der Waals surface area contributed by atoms with Crippen molar-refractivity contribution >= 4 is 28.8 Å². The van der Waals surface area contributed by atoms with Crippen molar-refractivity contribution in [2.45, 2.75) is 24.4 Å². The summed E-state index contributed by atoms with van der Waals surface area (Å²) in [6, 6.07) is 24.0. The minimum atomic E-state index is 0.0463. The molecule has 1 heterocycles. The minimum absolute atomic E-state index is 0.0463. The van der Waals surface area contributed by atoms with Crippen molar-refractivity contribution in [2.75, 3.05) is 27.2 Å². The first-order chi connectivity index (χ1) is 16.0. The number of rotatable bonds is 9. The number of hydrogen-bond donors (Lipinski definition) is 0. The molecule has 0 radical (unpaired) electrons. The summed E-state index contributed by atoms with van der Waals surface area (Å²) in [7, 11) is 4.05. The van der Waals surface area contributed by atoms with E-state index < -0.39 is 0 Å². The summed E-state index contributed by atoms with van der Waals surface area (Å²) in [6.07, 6.45) is 0. The highest BCUT2D eigenvalue weighted by Crippen LogP contribution is 2.28. The van der Waals surface area contributed by atoms with Crippen molar-refractivity contribution in [2.24, 2.45) is 0 Å². The van der Waals surface area contributed by atoms with E-state index in [1.807, 2.05) is 86.6 Å². The summed E-state index contributed by atoms with van der Waals surface area (Å²) in [4.78, 5) is 22.0. The van der Waals surface area contributed by atoms with E-state index in [1.54, 1.807) is 11.8 Å². The van der Waals surface area contributed by atoms with Crippen LogP contribution in [0, 0.1) is 6.92 Å². The quantitative estimate of drug-likeness (QED) is 0.304. The average molecular weight is 460 g/mol. The number of hydrogen-bond acceptors (Lipinski definition) is 5. The lowest BCUT2D eigenvalue weighted by atomic mass is 10.1. The van der Waals surface area contributed by atoms with E-state index in [0.717, 1.165) is 34.3 Å². The lowest BCUT2D eigenvalue weighted by Crippen LogP contribution is -2.36. The van der Waals surface area contributed by atoms with E-state index in [4.69, 9.17) is 4.42 Å². The maximum atomic E-state index is 13.4. The smallest absolute Gasteiger partial charge is 0.257 e. The SMILES string of the molecule is Cc1cccc2oc(SCc3cccc(C(=O)N(CCN(C)C)Cc4ccccc4)c3)nc12. The maximum Gasteiger partial charge on any atom is 0.257 e. The molecule has 0 saturated heterocycles. The molecule has 0 bridgehead atoms. The molecule has 1 amide bonds. The molecule has 0 aliphatic heterocycles. The van der Waals surface area contributed by atoms with Crippen LogP contribution in [-0.4, -0.2) is 47.9 Å². The van der Waals surface area contributed by atoms with Crippen LogP contribution in [0.5, 0.6) is 0 Å². The lowest BCUT2D eigenvalue weighted by Gasteiger charge is -2.25. The molecular formula is C27H29N3O2S. The van der Waals surface area contributed by atoms with Crippen LogP contribution in [0.3, 0.4) is 0 Å². The van der Waals surface area contributed by atoms with Crippen LogP contribution < -0.4 is 0 Å². The second-order valence-corrected chi connectivity index (χ2v) is 9.33. The van der Waals surface area contributed by atoms with E-state index >= 15 is 0 Å². The molecule has 170 valence electrons. The van der Waals surface area contributed by atoms with E-state index in [0.29, 0.717) is 29.6 Å². The van der Waals surface area contributed by atoms with Crippen molar-refractivity contribution in [1.82, 2.24) is 14.8 Å². The molecule has 0 unspecified atom stereocenters. The Labute approximate surface area is 199 Å². The Hall–Kier alpha value is -3.09. The van der Waals surface area contributed by atoms with E-state index in [1.165, 1.54) is 0 Å². The fraction of sp³-hybridized carbons (Fsp3) is 0.259. The third kappa shape index (κ3) is 6.03. The van der Waals surface area contributed by atoms with Gasteiger partial charge in [0, 0.05) is 31.0 Å². The van der Waals surface area contributed by atoms with Crippen molar-refractivity contribution < 1.29 is 9.21 Å². The zero-order valence-corrected chi connectivity index (χ0v) is 20.1. The van der Waals surface area contributed by atoms with Gasteiger partial charge in [-0.1, -0.05) is 66.4 Å². The molecule has 5 nitrogen and oxygen atoms in total. The van der Waals surface area contributed by atoms with Crippen molar-refractivity contribution in [3.63, 3.8) is 0 Å². The first-order valence-electron chi connectivity index (χ1n) is 11.1. The Morgan fingerprint density at radius 1 is 0.939 bits per heavy atom. The molecule has 0 atom stereocenters. The van der Waals surface area contributed by atoms with Crippen LogP contribution in [0.15, 0.2) is 82.4 Å². The highest BCUT2D eigenvalue weighted by molar-refractivity contribution is 7.98. The summed E-state index contributed by atoms with van der Waals surface area (Å²) >= 11 is 1.54. The number of nitrogens with zero attached hydrogens (tertiary/aromatic N) is 3. The van der Waals surface area contributed by atoms with Gasteiger partial charge in [-0.2, -0.15) is 0 Å². The summed E-state index contributed by atoms with van der Waals surface area (Å²) in [5, 5.41) is 0.646. The highest BCUT2D eigenvalue weighted by atomic mass is 32.2. The third-order valence-corrected chi connectivity index (χ3v) is 6.36. The first-order valence-corrected chi connectivity index (χ1v) is 12.0. The summed E-state index contributed by atoms with van der Waals surface area (Å²) in [6.45, 7) is 4.11. The van der Waals surface area contributed by atoms with Gasteiger partial charge in [0.15, 0.2) is 5.58 Å². The summed E-state index contributed by atoms with van der Waals surface area (Å²) in [5.41, 5.74) is 5.71. The first kappa shape index (κ1) is 23.1. The molecule has 0 aliphatic carbocycles. The van der Waals surface area contributed by atoms with Gasteiger partial charge in [-0.25, -0.2) is 4.98 Å². The zero-order valence-electron chi connectivity index (χ0n) is 19.3. The van der Waals surface area contributed by atoms with Crippen LogP contribution >= 0.6 is 11.8 Å². The summed E-state index contributed by atoms with van der Waals surface area (Å²) < 4.78 is 5.88. The molecule has 3 aromatic carbocycles. The van der Waals surface area contributed by atoms with Crippen LogP contribution in [0.2, 0.25) is 0 Å². The number of aromatic nitrogens is 1. The van der Waals surface area contributed by atoms with Gasteiger partial charge in [-0.05, 0) is 55.9 Å². The molecule has 1 aromatic heterocycles. The Bertz CT molecular complexity index is 1220. The molecule has 4 aromatic rings. The summed E-state index contributed by atoms with van der Waals surface area (Å²) in [5.74, 6) is 0.730. The number of amides is 1. The monoisotopic (exact) mass is 459 g/mol. The standard InChI is InChI=1S/C27H29N3O2S/c1-20-9-7-14-24-25(20)28-27(32-24)33-19-22-12-8-13-23(17-22)26(31)30(16-15-29(2)3)18-21-10-5-4-6-11-21/h4-14,17H,15-16,18-19H2,1-3H3. The average Bonchev–Trinajstić information content (AvgIpc) is 3.25. The number of fused-ring (bicyclic) bond motifs is 1. The normalized spacial score (nSPS) is 11.3. The van der Waals surface area contributed by atoms with Crippen molar-refractivity contribution in [3.8, 4) is 0 Å². The Morgan fingerprint density at radius 2 is 1.70 bits per heavy atom. The zero-order chi connectivity index (χ0) is 23.2. The van der Waals surface area contributed by atoms with Crippen LogP contribution in [0.1, 0.15) is 27.0 Å². The fourth-order valence-electron chi connectivity index (χ4n) is 3.63. The number of benzene rings is 3. The van der Waals surface area contributed by atoms with Gasteiger partial charge in [0.1, 0.15) is 5.52 Å². The highest BCUT2D eigenvalue weighted by Gasteiger charge is 2.17. The third-order valence-electron chi connectivity index (χ3n) is 5.46. The van der Waals surface area contributed by atoms with Crippen LogP contribution in [0.4, 0.5) is 0 Å². The minimum Gasteiger partial charge on any atom is -0.431 e. The van der Waals surface area contributed by atoms with Gasteiger partial charge < -0.3 is 14.2 Å². The van der Waals surface area contributed by atoms with Gasteiger partial charge in [0.2, 0.25) is 0 Å². The van der Waals surface area contributed by atoms with Crippen LogP contribution in [0.25, 0.3) is 11.1 Å². The molecule has 0 fully saturated rings. The topological polar surface area (TPSA) is 49.6 Å². The van der Waals surface area contributed by atoms with Crippen LogP contribution in [-0.2, 0) is 12.3 Å². The van der Waals surface area contributed by atoms with Crippen molar-refractivity contribution in [1.29, 1.82) is 0 Å². The van der Waals surface area contributed by atoms with Gasteiger partial charge in [0.25, 0.3) is 11.1 Å². The van der Waals surface area contributed by atoms with Gasteiger partial charge in [-0.15, -0.1) is 0 Å². The molecule has 0 aliphatic rings. The lowest BCUT2D eigenvalue weighted by molar-refractivity contribution is 0.0732. The van der Waals surface area contributed by atoms with Crippen molar-refractivity contribution in [3.05, 3.63) is 95.1 Å². The molecule has 6 heteroatoms. The number of carbonyl (C=O) groups is 1. The van der Waals surface area contributed by atoms with Gasteiger partial charge in [0.05, 0.1) is 0 Å². The molecule has 0 spiro atoms. The fourth-order valence-corrected chi connectivity index (χ4v) is 4.40. The number of thioether (sulfide) groups is 1. The molecular weight excluding hydrogens is 430 g/mol. The van der Waals surface area contributed by atoms with Gasteiger partial charge >= 0.3 is 0 Å². The Balaban J connectivity index is 1.47. The van der Waals surface area contributed by atoms with E-state index in [-0.39, 0.29) is 5.91 Å². The Kier molecular flexibility index (Phi) is 7.47. The molecule has 4 rings (SSSR count). The predicted octanol–water partition coefficient (Wildman–Crippen LogP) is 5.63. The number of aryl methyl sites for hydroxylation is 1. The second kappa shape index (κ2) is 10.7. The van der Waals surface area contributed by atoms with E-state index in [2.05, 4.69) is 22.0 Å². The largest absolute Gasteiger partial charge is 0.431 e.